The monoisotopic (exact) mass is 198 g/mol. The molecule has 0 amide bonds. The van der Waals surface area contributed by atoms with Crippen molar-refractivity contribution in [1.82, 2.24) is 9.80 Å². The molecule has 0 aromatic carbocycles. The molecule has 0 spiro atoms. The van der Waals surface area contributed by atoms with Crippen molar-refractivity contribution >= 4 is 0 Å². The van der Waals surface area contributed by atoms with E-state index in [1.54, 1.807) is 0 Å². The first-order valence-corrected chi connectivity index (χ1v) is 5.34. The number of nitrogens with zero attached hydrogens (tertiary/aromatic N) is 2. The van der Waals surface area contributed by atoms with Crippen molar-refractivity contribution in [2.24, 2.45) is 0 Å². The summed E-state index contributed by atoms with van der Waals surface area (Å²) in [5, 5.41) is 0. The third kappa shape index (κ3) is 3.31. The van der Waals surface area contributed by atoms with Crippen LogP contribution in [0.3, 0.4) is 0 Å². The molecular formula is C11H22N2O. The van der Waals surface area contributed by atoms with Gasteiger partial charge in [0, 0.05) is 32.4 Å². The maximum Gasteiger partial charge on any atom is 0.0876 e. The van der Waals surface area contributed by atoms with Gasteiger partial charge < -0.3 is 9.64 Å². The number of hydrogen-bond acceptors (Lipinski definition) is 3. The van der Waals surface area contributed by atoms with Crippen LogP contribution in [0.5, 0.6) is 0 Å². The Morgan fingerprint density at radius 2 is 2.36 bits per heavy atom. The van der Waals surface area contributed by atoms with Gasteiger partial charge in [0.05, 0.1) is 12.7 Å². The SMILES string of the molecule is C=C(C)N(C)C[C@H]1CN(CC)CCO1. The van der Waals surface area contributed by atoms with E-state index < -0.39 is 0 Å². The van der Waals surface area contributed by atoms with Crippen LogP contribution in [0.4, 0.5) is 0 Å². The lowest BCUT2D eigenvalue weighted by molar-refractivity contribution is -0.0355. The molecule has 0 unspecified atom stereocenters. The zero-order chi connectivity index (χ0) is 10.6. The van der Waals surface area contributed by atoms with E-state index in [0.29, 0.717) is 6.10 Å². The summed E-state index contributed by atoms with van der Waals surface area (Å²) in [6.07, 6.45) is 0.338. The van der Waals surface area contributed by atoms with Gasteiger partial charge >= 0.3 is 0 Å². The second-order valence-electron chi connectivity index (χ2n) is 4.00. The Morgan fingerprint density at radius 3 is 2.93 bits per heavy atom. The molecule has 1 atom stereocenters. The van der Waals surface area contributed by atoms with E-state index in [0.717, 1.165) is 38.5 Å². The normalized spacial score (nSPS) is 23.5. The average molecular weight is 198 g/mol. The fourth-order valence-corrected chi connectivity index (χ4v) is 1.64. The van der Waals surface area contributed by atoms with Crippen LogP contribution in [0.15, 0.2) is 12.3 Å². The molecule has 1 saturated heterocycles. The molecule has 1 rings (SSSR count). The standard InChI is InChI=1S/C11H22N2O/c1-5-13-6-7-14-11(9-13)8-12(4)10(2)3/h11H,2,5-9H2,1,3-4H3/t11-/m0/s1. The fourth-order valence-electron chi connectivity index (χ4n) is 1.64. The highest BCUT2D eigenvalue weighted by Crippen LogP contribution is 2.07. The Bertz CT molecular complexity index is 194. The lowest BCUT2D eigenvalue weighted by Crippen LogP contribution is -2.46. The number of ether oxygens (including phenoxy) is 1. The Labute approximate surface area is 87.3 Å². The first-order valence-electron chi connectivity index (χ1n) is 5.34. The summed E-state index contributed by atoms with van der Waals surface area (Å²) in [4.78, 5) is 4.59. The summed E-state index contributed by atoms with van der Waals surface area (Å²) in [7, 11) is 2.07. The summed E-state index contributed by atoms with van der Waals surface area (Å²) >= 11 is 0. The third-order valence-electron chi connectivity index (χ3n) is 2.80. The largest absolute Gasteiger partial charge is 0.376 e. The van der Waals surface area contributed by atoms with Crippen molar-refractivity contribution in [2.45, 2.75) is 20.0 Å². The quantitative estimate of drug-likeness (QED) is 0.674. The number of morpholine rings is 1. The fraction of sp³-hybridized carbons (Fsp3) is 0.818. The zero-order valence-electron chi connectivity index (χ0n) is 9.62. The van der Waals surface area contributed by atoms with Crippen LogP contribution < -0.4 is 0 Å². The molecule has 0 aromatic rings. The Balaban J connectivity index is 2.33. The third-order valence-corrected chi connectivity index (χ3v) is 2.80. The minimum Gasteiger partial charge on any atom is -0.376 e. The minimum atomic E-state index is 0.338. The molecule has 3 nitrogen and oxygen atoms in total. The predicted octanol–water partition coefficient (Wildman–Crippen LogP) is 1.17. The highest BCUT2D eigenvalue weighted by molar-refractivity contribution is 4.88. The molecule has 1 fully saturated rings. The van der Waals surface area contributed by atoms with Crippen molar-refractivity contribution in [3.05, 3.63) is 12.3 Å². The minimum absolute atomic E-state index is 0.338. The summed E-state index contributed by atoms with van der Waals surface area (Å²) in [6, 6.07) is 0. The lowest BCUT2D eigenvalue weighted by atomic mass is 10.2. The van der Waals surface area contributed by atoms with Gasteiger partial charge in [-0.3, -0.25) is 4.90 Å². The first-order chi connectivity index (χ1) is 6.63. The summed E-state index contributed by atoms with van der Waals surface area (Å²) in [6.45, 7) is 13.2. The van der Waals surface area contributed by atoms with E-state index in [-0.39, 0.29) is 0 Å². The maximum atomic E-state index is 5.71. The number of likely N-dealkylation sites (N-methyl/N-ethyl adjacent to an activating group) is 2. The van der Waals surface area contributed by atoms with Crippen LogP contribution in [-0.2, 0) is 4.74 Å². The molecule has 0 radical (unpaired) electrons. The maximum absolute atomic E-state index is 5.71. The van der Waals surface area contributed by atoms with E-state index in [9.17, 15) is 0 Å². The average Bonchev–Trinajstić information content (AvgIpc) is 2.18. The summed E-state index contributed by atoms with van der Waals surface area (Å²) in [5.74, 6) is 0. The van der Waals surface area contributed by atoms with Gasteiger partial charge in [0.15, 0.2) is 0 Å². The van der Waals surface area contributed by atoms with E-state index in [4.69, 9.17) is 4.74 Å². The second-order valence-corrected chi connectivity index (χ2v) is 4.00. The van der Waals surface area contributed by atoms with Gasteiger partial charge in [0.25, 0.3) is 0 Å². The molecule has 0 N–H and O–H groups in total. The summed E-state index contributed by atoms with van der Waals surface area (Å²) in [5.41, 5.74) is 1.10. The van der Waals surface area contributed by atoms with Gasteiger partial charge in [0.1, 0.15) is 0 Å². The molecular weight excluding hydrogens is 176 g/mol. The van der Waals surface area contributed by atoms with Crippen LogP contribution in [0.1, 0.15) is 13.8 Å². The van der Waals surface area contributed by atoms with Crippen LogP contribution in [0.2, 0.25) is 0 Å². The van der Waals surface area contributed by atoms with Gasteiger partial charge in [-0.05, 0) is 13.5 Å². The molecule has 1 heterocycles. The van der Waals surface area contributed by atoms with Crippen LogP contribution in [0, 0.1) is 0 Å². The van der Waals surface area contributed by atoms with Gasteiger partial charge in [-0.2, -0.15) is 0 Å². The van der Waals surface area contributed by atoms with E-state index in [1.165, 1.54) is 0 Å². The number of rotatable bonds is 4. The Hall–Kier alpha value is -0.540. The zero-order valence-corrected chi connectivity index (χ0v) is 9.62. The number of hydrogen-bond donors (Lipinski definition) is 0. The van der Waals surface area contributed by atoms with Crippen LogP contribution in [-0.4, -0.2) is 55.7 Å². The van der Waals surface area contributed by atoms with Crippen LogP contribution in [0.25, 0.3) is 0 Å². The molecule has 82 valence electrons. The predicted molar refractivity (Wildman–Crippen MR) is 59.3 cm³/mol. The van der Waals surface area contributed by atoms with Crippen molar-refractivity contribution in [1.29, 1.82) is 0 Å². The van der Waals surface area contributed by atoms with Crippen molar-refractivity contribution < 1.29 is 4.74 Å². The molecule has 0 bridgehead atoms. The van der Waals surface area contributed by atoms with Gasteiger partial charge in [-0.15, -0.1) is 0 Å². The lowest BCUT2D eigenvalue weighted by Gasteiger charge is -2.34. The van der Waals surface area contributed by atoms with Crippen molar-refractivity contribution in [2.75, 3.05) is 39.8 Å². The molecule has 0 saturated carbocycles. The summed E-state index contributed by atoms with van der Waals surface area (Å²) < 4.78 is 5.71. The highest BCUT2D eigenvalue weighted by atomic mass is 16.5. The molecule has 0 aliphatic carbocycles. The van der Waals surface area contributed by atoms with Gasteiger partial charge in [-0.1, -0.05) is 13.5 Å². The molecule has 1 aliphatic heterocycles. The molecule has 14 heavy (non-hydrogen) atoms. The van der Waals surface area contributed by atoms with E-state index >= 15 is 0 Å². The number of allylic oxidation sites excluding steroid dienone is 1. The topological polar surface area (TPSA) is 15.7 Å². The van der Waals surface area contributed by atoms with E-state index in [2.05, 4.69) is 30.4 Å². The Kier molecular flexibility index (Phi) is 4.42. The van der Waals surface area contributed by atoms with Crippen molar-refractivity contribution in [3.8, 4) is 0 Å². The van der Waals surface area contributed by atoms with E-state index in [1.807, 2.05) is 6.92 Å². The highest BCUT2D eigenvalue weighted by Gasteiger charge is 2.20. The molecule has 3 heteroatoms. The Morgan fingerprint density at radius 1 is 1.64 bits per heavy atom. The van der Waals surface area contributed by atoms with Gasteiger partial charge in [-0.25, -0.2) is 0 Å². The molecule has 1 aliphatic rings. The van der Waals surface area contributed by atoms with Gasteiger partial charge in [0.2, 0.25) is 0 Å². The van der Waals surface area contributed by atoms with Crippen molar-refractivity contribution in [3.63, 3.8) is 0 Å². The first kappa shape index (κ1) is 11.5. The van der Waals surface area contributed by atoms with Crippen LogP contribution >= 0.6 is 0 Å². The second kappa shape index (κ2) is 5.37. The smallest absolute Gasteiger partial charge is 0.0876 e. The molecule has 0 aromatic heterocycles.